The third kappa shape index (κ3) is 4.98. The van der Waals surface area contributed by atoms with E-state index in [2.05, 4.69) is 0 Å². The van der Waals surface area contributed by atoms with Gasteiger partial charge in [0.15, 0.2) is 0 Å². The Morgan fingerprint density at radius 2 is 1.81 bits per heavy atom. The van der Waals surface area contributed by atoms with Gasteiger partial charge in [0.2, 0.25) is 10.0 Å². The lowest BCUT2D eigenvalue weighted by atomic mass is 10.1. The molecule has 8 heteroatoms. The summed E-state index contributed by atoms with van der Waals surface area (Å²) in [6.07, 6.45) is 2.73. The predicted molar refractivity (Wildman–Crippen MR) is 89.7 cm³/mol. The fraction of sp³-hybridized carbons (Fsp3) is 0.538. The van der Waals surface area contributed by atoms with Gasteiger partial charge in [-0.3, -0.25) is 0 Å². The first-order valence-electron chi connectivity index (χ1n) is 6.57. The summed E-state index contributed by atoms with van der Waals surface area (Å²) >= 11 is 11.8. The van der Waals surface area contributed by atoms with Crippen molar-refractivity contribution in [2.75, 3.05) is 13.1 Å². The summed E-state index contributed by atoms with van der Waals surface area (Å²) in [5.74, 6) is -0.0935. The van der Waals surface area contributed by atoms with E-state index >= 15 is 0 Å². The van der Waals surface area contributed by atoms with E-state index in [0.717, 1.165) is 19.3 Å². The zero-order valence-corrected chi connectivity index (χ0v) is 14.6. The molecule has 0 radical (unpaired) electrons. The van der Waals surface area contributed by atoms with E-state index in [9.17, 15) is 8.42 Å². The van der Waals surface area contributed by atoms with Gasteiger partial charge in [-0.2, -0.15) is 4.31 Å². The number of halogens is 3. The quantitative estimate of drug-likeness (QED) is 0.882. The van der Waals surface area contributed by atoms with E-state index in [1.165, 1.54) is 4.31 Å². The molecule has 21 heavy (non-hydrogen) atoms. The summed E-state index contributed by atoms with van der Waals surface area (Å²) < 4.78 is 26.6. The van der Waals surface area contributed by atoms with Gasteiger partial charge in [-0.15, -0.1) is 12.4 Å². The Kier molecular flexibility index (Phi) is 7.24. The van der Waals surface area contributed by atoms with E-state index in [1.807, 2.05) is 0 Å². The van der Waals surface area contributed by atoms with Crippen molar-refractivity contribution in [2.45, 2.75) is 31.1 Å². The zero-order chi connectivity index (χ0) is 14.8. The Morgan fingerprint density at radius 1 is 1.19 bits per heavy atom. The second-order valence-corrected chi connectivity index (χ2v) is 7.82. The molecule has 1 atom stereocenters. The van der Waals surface area contributed by atoms with Crippen molar-refractivity contribution in [1.82, 2.24) is 4.31 Å². The third-order valence-corrected chi connectivity index (χ3v) is 5.80. The van der Waals surface area contributed by atoms with Crippen molar-refractivity contribution in [1.29, 1.82) is 0 Å². The lowest BCUT2D eigenvalue weighted by Gasteiger charge is -2.33. The van der Waals surface area contributed by atoms with E-state index < -0.39 is 10.0 Å². The highest BCUT2D eigenvalue weighted by Crippen LogP contribution is 2.25. The fourth-order valence-corrected chi connectivity index (χ4v) is 4.94. The Morgan fingerprint density at radius 3 is 2.38 bits per heavy atom. The van der Waals surface area contributed by atoms with Crippen LogP contribution < -0.4 is 5.73 Å². The first-order valence-corrected chi connectivity index (χ1v) is 8.93. The van der Waals surface area contributed by atoms with Crippen molar-refractivity contribution in [3.05, 3.63) is 33.8 Å². The molecule has 1 fully saturated rings. The smallest absolute Gasteiger partial charge is 0.218 e. The van der Waals surface area contributed by atoms with Crippen LogP contribution in [-0.2, 0) is 15.8 Å². The molecule has 1 aromatic rings. The van der Waals surface area contributed by atoms with Crippen molar-refractivity contribution in [3.8, 4) is 0 Å². The molecule has 2 rings (SSSR count). The molecule has 1 aromatic carbocycles. The van der Waals surface area contributed by atoms with Crippen LogP contribution in [0.2, 0.25) is 10.0 Å². The molecule has 1 aliphatic rings. The summed E-state index contributed by atoms with van der Waals surface area (Å²) in [6.45, 7) is 0.897. The van der Waals surface area contributed by atoms with E-state index in [4.69, 9.17) is 28.9 Å². The maximum Gasteiger partial charge on any atom is 0.218 e. The average Bonchev–Trinajstić information content (AvgIpc) is 2.36. The Hall–Kier alpha value is -0.0400. The number of benzene rings is 1. The molecule has 1 heterocycles. The maximum atomic E-state index is 12.5. The Labute approximate surface area is 142 Å². The lowest BCUT2D eigenvalue weighted by Crippen LogP contribution is -2.47. The van der Waals surface area contributed by atoms with Gasteiger partial charge in [0, 0.05) is 29.2 Å². The highest BCUT2D eigenvalue weighted by Gasteiger charge is 2.31. The normalized spacial score (nSPS) is 20.0. The lowest BCUT2D eigenvalue weighted by molar-refractivity contribution is 0.257. The van der Waals surface area contributed by atoms with Crippen LogP contribution in [0.25, 0.3) is 0 Å². The number of piperidine rings is 1. The summed E-state index contributed by atoms with van der Waals surface area (Å²) in [5.41, 5.74) is 6.28. The molecule has 0 saturated carbocycles. The van der Waals surface area contributed by atoms with Gasteiger partial charge in [-0.1, -0.05) is 29.6 Å². The summed E-state index contributed by atoms with van der Waals surface area (Å²) in [4.78, 5) is 0. The minimum Gasteiger partial charge on any atom is -0.329 e. The minimum absolute atomic E-state index is 0. The molecular formula is C13H19Cl3N2O2S. The molecule has 1 unspecified atom stereocenters. The van der Waals surface area contributed by atoms with Gasteiger partial charge in [-0.05, 0) is 36.6 Å². The average molecular weight is 374 g/mol. The van der Waals surface area contributed by atoms with Gasteiger partial charge in [-0.25, -0.2) is 8.42 Å². The third-order valence-electron chi connectivity index (χ3n) is 3.47. The summed E-state index contributed by atoms with van der Waals surface area (Å²) in [6, 6.07) is 4.75. The van der Waals surface area contributed by atoms with Crippen LogP contribution >= 0.6 is 35.6 Å². The zero-order valence-electron chi connectivity index (χ0n) is 11.5. The standard InChI is InChI=1S/C13H18Cl2N2O2S.ClH/c14-11-5-10(6-12(15)7-11)9-20(18,19)17-4-2-1-3-13(17)8-16;/h5-7,13H,1-4,8-9,16H2;1H. The molecule has 1 saturated heterocycles. The molecule has 0 aliphatic carbocycles. The minimum atomic E-state index is -3.40. The molecule has 1 aliphatic heterocycles. The topological polar surface area (TPSA) is 63.4 Å². The number of sulfonamides is 1. The van der Waals surface area contributed by atoms with Gasteiger partial charge in [0.25, 0.3) is 0 Å². The van der Waals surface area contributed by atoms with E-state index in [-0.39, 0.29) is 24.2 Å². The van der Waals surface area contributed by atoms with Crippen LogP contribution in [0.4, 0.5) is 0 Å². The number of hydrogen-bond donors (Lipinski definition) is 1. The van der Waals surface area contributed by atoms with Crippen LogP contribution in [0.5, 0.6) is 0 Å². The number of hydrogen-bond acceptors (Lipinski definition) is 3. The molecule has 120 valence electrons. The monoisotopic (exact) mass is 372 g/mol. The fourth-order valence-electron chi connectivity index (χ4n) is 2.56. The molecule has 2 N–H and O–H groups in total. The van der Waals surface area contributed by atoms with Crippen LogP contribution in [0, 0.1) is 0 Å². The molecule has 0 bridgehead atoms. The predicted octanol–water partition coefficient (Wildman–Crippen LogP) is 3.06. The summed E-state index contributed by atoms with van der Waals surface area (Å²) in [5, 5.41) is 0.883. The van der Waals surface area contributed by atoms with E-state index in [1.54, 1.807) is 18.2 Å². The van der Waals surface area contributed by atoms with Crippen LogP contribution in [0.3, 0.4) is 0 Å². The van der Waals surface area contributed by atoms with Crippen LogP contribution in [-0.4, -0.2) is 31.9 Å². The van der Waals surface area contributed by atoms with Crippen LogP contribution in [0.1, 0.15) is 24.8 Å². The second-order valence-electron chi connectivity index (χ2n) is 5.03. The molecule has 0 aromatic heterocycles. The van der Waals surface area contributed by atoms with E-state index in [0.29, 0.717) is 28.7 Å². The van der Waals surface area contributed by atoms with Crippen molar-refractivity contribution in [2.24, 2.45) is 5.73 Å². The maximum absolute atomic E-state index is 12.5. The van der Waals surface area contributed by atoms with Crippen LogP contribution in [0.15, 0.2) is 18.2 Å². The highest BCUT2D eigenvalue weighted by molar-refractivity contribution is 7.88. The number of nitrogens with zero attached hydrogens (tertiary/aromatic N) is 1. The molecule has 4 nitrogen and oxygen atoms in total. The number of nitrogens with two attached hydrogens (primary N) is 1. The van der Waals surface area contributed by atoms with Gasteiger partial charge >= 0.3 is 0 Å². The summed E-state index contributed by atoms with van der Waals surface area (Å²) in [7, 11) is -3.40. The Bertz CT molecular complexity index is 561. The van der Waals surface area contributed by atoms with Crippen molar-refractivity contribution in [3.63, 3.8) is 0 Å². The van der Waals surface area contributed by atoms with Gasteiger partial charge < -0.3 is 5.73 Å². The van der Waals surface area contributed by atoms with Crippen molar-refractivity contribution < 1.29 is 8.42 Å². The second kappa shape index (κ2) is 7.99. The molecule has 0 spiro atoms. The first kappa shape index (κ1) is 19.0. The largest absolute Gasteiger partial charge is 0.329 e. The molecular weight excluding hydrogens is 355 g/mol. The highest BCUT2D eigenvalue weighted by atomic mass is 35.5. The SMILES string of the molecule is Cl.NCC1CCCCN1S(=O)(=O)Cc1cc(Cl)cc(Cl)c1. The number of rotatable bonds is 4. The first-order chi connectivity index (χ1) is 9.42. The molecule has 0 amide bonds. The Balaban J connectivity index is 0.00000220. The van der Waals surface area contributed by atoms with Gasteiger partial charge in [0.1, 0.15) is 0 Å². The van der Waals surface area contributed by atoms with Gasteiger partial charge in [0.05, 0.1) is 5.75 Å². The van der Waals surface area contributed by atoms with Crippen molar-refractivity contribution >= 4 is 45.6 Å².